The second kappa shape index (κ2) is 6.61. The van der Waals surface area contributed by atoms with Crippen LogP contribution in [0.15, 0.2) is 24.3 Å². The van der Waals surface area contributed by atoms with Crippen molar-refractivity contribution < 1.29 is 4.79 Å². The molecule has 0 aliphatic carbocycles. The van der Waals surface area contributed by atoms with Gasteiger partial charge in [0.05, 0.1) is 6.54 Å². The summed E-state index contributed by atoms with van der Waals surface area (Å²) in [7, 11) is 0. The van der Waals surface area contributed by atoms with Gasteiger partial charge in [0.1, 0.15) is 0 Å². The molecule has 3 heteroatoms. The van der Waals surface area contributed by atoms with Gasteiger partial charge in [0, 0.05) is 11.6 Å². The number of amides is 1. The molecule has 0 aromatic heterocycles. The molecule has 0 aliphatic rings. The summed E-state index contributed by atoms with van der Waals surface area (Å²) in [5, 5.41) is 6.22. The van der Waals surface area contributed by atoms with E-state index in [1.54, 1.807) is 0 Å². The van der Waals surface area contributed by atoms with Crippen LogP contribution in [0.25, 0.3) is 0 Å². The highest BCUT2D eigenvalue weighted by Gasteiger charge is 2.16. The third kappa shape index (κ3) is 6.30. The number of hydrogen-bond acceptors (Lipinski definition) is 2. The summed E-state index contributed by atoms with van der Waals surface area (Å²) < 4.78 is 0. The molecule has 1 atom stereocenters. The van der Waals surface area contributed by atoms with Crippen molar-refractivity contribution >= 4 is 5.91 Å². The van der Waals surface area contributed by atoms with E-state index >= 15 is 0 Å². The minimum atomic E-state index is -0.184. The highest BCUT2D eigenvalue weighted by Crippen LogP contribution is 2.23. The van der Waals surface area contributed by atoms with E-state index < -0.39 is 0 Å². The van der Waals surface area contributed by atoms with Crippen LogP contribution >= 0.6 is 0 Å². The molecule has 0 spiro atoms. The molecular weight excluding hydrogens is 260 g/mol. The van der Waals surface area contributed by atoms with E-state index in [1.807, 2.05) is 20.8 Å². The van der Waals surface area contributed by atoms with E-state index in [2.05, 4.69) is 62.6 Å². The van der Waals surface area contributed by atoms with Crippen LogP contribution in [0.2, 0.25) is 0 Å². The molecule has 21 heavy (non-hydrogen) atoms. The first-order valence-corrected chi connectivity index (χ1v) is 7.64. The van der Waals surface area contributed by atoms with Crippen LogP contribution in [0, 0.1) is 0 Å². The second-order valence-electron chi connectivity index (χ2n) is 7.77. The predicted octanol–water partition coefficient (Wildman–Crippen LogP) is 3.55. The fourth-order valence-electron chi connectivity index (χ4n) is 2.10. The number of benzene rings is 1. The van der Waals surface area contributed by atoms with Gasteiger partial charge in [0.15, 0.2) is 0 Å². The number of hydrogen-bond donors (Lipinski definition) is 2. The summed E-state index contributed by atoms with van der Waals surface area (Å²) in [5.74, 6) is 0.0284. The molecule has 0 heterocycles. The summed E-state index contributed by atoms with van der Waals surface area (Å²) in [6.07, 6.45) is 0. The SMILES string of the molecule is CC(NCC(=O)NC(C)(C)C)c1ccc(C(C)(C)C)cc1. The van der Waals surface area contributed by atoms with Gasteiger partial charge < -0.3 is 10.6 Å². The predicted molar refractivity (Wildman–Crippen MR) is 89.5 cm³/mol. The molecule has 3 nitrogen and oxygen atoms in total. The summed E-state index contributed by atoms with van der Waals surface area (Å²) in [6.45, 7) is 15.0. The third-order valence-electron chi connectivity index (χ3n) is 3.36. The van der Waals surface area contributed by atoms with Crippen molar-refractivity contribution in [2.45, 2.75) is 65.5 Å². The zero-order valence-electron chi connectivity index (χ0n) is 14.5. The van der Waals surface area contributed by atoms with E-state index in [4.69, 9.17) is 0 Å². The van der Waals surface area contributed by atoms with Crippen LogP contribution in [0.4, 0.5) is 0 Å². The Balaban J connectivity index is 2.56. The first-order chi connectivity index (χ1) is 9.49. The molecule has 0 saturated heterocycles. The van der Waals surface area contributed by atoms with E-state index in [0.29, 0.717) is 6.54 Å². The Morgan fingerprint density at radius 1 is 1.05 bits per heavy atom. The van der Waals surface area contributed by atoms with Crippen LogP contribution < -0.4 is 10.6 Å². The summed E-state index contributed by atoms with van der Waals surface area (Å²) >= 11 is 0. The first-order valence-electron chi connectivity index (χ1n) is 7.64. The maximum atomic E-state index is 11.8. The molecule has 0 bridgehead atoms. The van der Waals surface area contributed by atoms with Crippen LogP contribution in [0.3, 0.4) is 0 Å². The summed E-state index contributed by atoms with van der Waals surface area (Å²) in [5.41, 5.74) is 2.51. The molecule has 1 rings (SSSR count). The Bertz CT molecular complexity index is 463. The molecular formula is C18H30N2O. The average molecular weight is 290 g/mol. The minimum absolute atomic E-state index is 0.0284. The largest absolute Gasteiger partial charge is 0.350 e. The summed E-state index contributed by atoms with van der Waals surface area (Å²) in [4.78, 5) is 11.8. The quantitative estimate of drug-likeness (QED) is 0.890. The number of carbonyl (C=O) groups excluding carboxylic acids is 1. The smallest absolute Gasteiger partial charge is 0.234 e. The Labute approximate surface area is 129 Å². The van der Waals surface area contributed by atoms with Gasteiger partial charge in [0.2, 0.25) is 5.91 Å². The number of carbonyl (C=O) groups is 1. The van der Waals surface area contributed by atoms with Gasteiger partial charge in [-0.3, -0.25) is 4.79 Å². The van der Waals surface area contributed by atoms with Crippen molar-refractivity contribution in [3.05, 3.63) is 35.4 Å². The van der Waals surface area contributed by atoms with Crippen molar-refractivity contribution in [2.24, 2.45) is 0 Å². The Morgan fingerprint density at radius 3 is 2.00 bits per heavy atom. The van der Waals surface area contributed by atoms with E-state index in [1.165, 1.54) is 11.1 Å². The number of rotatable bonds is 4. The lowest BCUT2D eigenvalue weighted by atomic mass is 9.86. The molecule has 1 aromatic carbocycles. The molecule has 118 valence electrons. The van der Waals surface area contributed by atoms with Crippen LogP contribution in [-0.4, -0.2) is 18.0 Å². The minimum Gasteiger partial charge on any atom is -0.350 e. The molecule has 1 unspecified atom stereocenters. The van der Waals surface area contributed by atoms with Crippen molar-refractivity contribution in [1.82, 2.24) is 10.6 Å². The monoisotopic (exact) mass is 290 g/mol. The second-order valence-corrected chi connectivity index (χ2v) is 7.77. The van der Waals surface area contributed by atoms with Crippen molar-refractivity contribution in [1.29, 1.82) is 0 Å². The van der Waals surface area contributed by atoms with Gasteiger partial charge in [-0.05, 0) is 44.2 Å². The highest BCUT2D eigenvalue weighted by molar-refractivity contribution is 5.78. The molecule has 1 amide bonds. The van der Waals surface area contributed by atoms with Crippen molar-refractivity contribution in [3.8, 4) is 0 Å². The Morgan fingerprint density at radius 2 is 1.57 bits per heavy atom. The molecule has 2 N–H and O–H groups in total. The van der Waals surface area contributed by atoms with Crippen LogP contribution in [-0.2, 0) is 10.2 Å². The molecule has 0 aliphatic heterocycles. The van der Waals surface area contributed by atoms with Gasteiger partial charge in [-0.15, -0.1) is 0 Å². The summed E-state index contributed by atoms with van der Waals surface area (Å²) in [6, 6.07) is 8.77. The van der Waals surface area contributed by atoms with Gasteiger partial charge in [-0.2, -0.15) is 0 Å². The number of nitrogens with one attached hydrogen (secondary N) is 2. The topological polar surface area (TPSA) is 41.1 Å². The molecule has 0 fully saturated rings. The zero-order chi connectivity index (χ0) is 16.3. The van der Waals surface area contributed by atoms with Gasteiger partial charge in [0.25, 0.3) is 0 Å². The van der Waals surface area contributed by atoms with Gasteiger partial charge in [-0.1, -0.05) is 45.0 Å². The maximum absolute atomic E-state index is 11.8. The lowest BCUT2D eigenvalue weighted by Gasteiger charge is -2.22. The van der Waals surface area contributed by atoms with Crippen LogP contribution in [0.5, 0.6) is 0 Å². The maximum Gasteiger partial charge on any atom is 0.234 e. The third-order valence-corrected chi connectivity index (χ3v) is 3.36. The standard InChI is InChI=1S/C18H30N2O/c1-13(19-12-16(21)20-18(5,6)7)14-8-10-15(11-9-14)17(2,3)4/h8-11,13,19H,12H2,1-7H3,(H,20,21). The van der Waals surface area contributed by atoms with E-state index in [-0.39, 0.29) is 22.9 Å². The van der Waals surface area contributed by atoms with Crippen molar-refractivity contribution in [2.75, 3.05) is 6.54 Å². The lowest BCUT2D eigenvalue weighted by Crippen LogP contribution is -2.45. The normalized spacial score (nSPS) is 13.9. The van der Waals surface area contributed by atoms with E-state index in [9.17, 15) is 4.79 Å². The fourth-order valence-corrected chi connectivity index (χ4v) is 2.10. The molecule has 1 aromatic rings. The van der Waals surface area contributed by atoms with Crippen LogP contribution in [0.1, 0.15) is 65.6 Å². The first kappa shape index (κ1) is 17.7. The zero-order valence-corrected chi connectivity index (χ0v) is 14.5. The Hall–Kier alpha value is -1.35. The van der Waals surface area contributed by atoms with Gasteiger partial charge in [-0.25, -0.2) is 0 Å². The average Bonchev–Trinajstić information content (AvgIpc) is 2.33. The lowest BCUT2D eigenvalue weighted by molar-refractivity contribution is -0.121. The van der Waals surface area contributed by atoms with Crippen molar-refractivity contribution in [3.63, 3.8) is 0 Å². The Kier molecular flexibility index (Phi) is 5.57. The highest BCUT2D eigenvalue weighted by atomic mass is 16.2. The fraction of sp³-hybridized carbons (Fsp3) is 0.611. The molecule has 0 radical (unpaired) electrons. The van der Waals surface area contributed by atoms with Gasteiger partial charge >= 0.3 is 0 Å². The van der Waals surface area contributed by atoms with E-state index in [0.717, 1.165) is 0 Å². The molecule has 0 saturated carbocycles.